The van der Waals surface area contributed by atoms with Gasteiger partial charge in [0.2, 0.25) is 0 Å². The summed E-state index contributed by atoms with van der Waals surface area (Å²) in [6.45, 7) is 8.13. The number of benzene rings is 1. The Hall–Kier alpha value is -2.34. The van der Waals surface area contributed by atoms with E-state index >= 15 is 0 Å². The summed E-state index contributed by atoms with van der Waals surface area (Å²) in [4.78, 5) is 4.34. The summed E-state index contributed by atoms with van der Waals surface area (Å²) >= 11 is 0. The van der Waals surface area contributed by atoms with Gasteiger partial charge in [-0.25, -0.2) is 0 Å². The smallest absolute Gasteiger partial charge is 0.103 e. The van der Waals surface area contributed by atoms with E-state index in [1.165, 1.54) is 5.56 Å². The predicted octanol–water partition coefficient (Wildman–Crippen LogP) is 4.44. The highest BCUT2D eigenvalue weighted by atomic mass is 14.9. The minimum atomic E-state index is 0.424. The number of pyridine rings is 1. The topological polar surface area (TPSA) is 48.7 Å². The second-order valence-electron chi connectivity index (χ2n) is 5.25. The standard InChI is InChI=1S/C17H19N3/c1-11(2)14-7-5-6-8-16(14)20-17-9-12(3)19-13(4)15(17)10-18/h5-9,11H,1-4H3,(H,19,20). The van der Waals surface area contributed by atoms with Crippen molar-refractivity contribution in [2.75, 3.05) is 5.32 Å². The Morgan fingerprint density at radius 2 is 1.85 bits per heavy atom. The summed E-state index contributed by atoms with van der Waals surface area (Å²) in [6.07, 6.45) is 0. The predicted molar refractivity (Wildman–Crippen MR) is 82.2 cm³/mol. The lowest BCUT2D eigenvalue weighted by Gasteiger charge is -2.16. The Balaban J connectivity index is 2.48. The third kappa shape index (κ3) is 2.80. The number of nitrogens with zero attached hydrogens (tertiary/aromatic N) is 2. The van der Waals surface area contributed by atoms with Crippen molar-refractivity contribution in [1.29, 1.82) is 5.26 Å². The van der Waals surface area contributed by atoms with Crippen molar-refractivity contribution in [3.05, 3.63) is 52.8 Å². The second-order valence-corrected chi connectivity index (χ2v) is 5.25. The Morgan fingerprint density at radius 3 is 2.50 bits per heavy atom. The largest absolute Gasteiger partial charge is 0.354 e. The molecule has 0 aliphatic rings. The van der Waals surface area contributed by atoms with Gasteiger partial charge in [-0.05, 0) is 37.5 Å². The molecule has 0 radical (unpaired) electrons. The molecule has 0 atom stereocenters. The monoisotopic (exact) mass is 265 g/mol. The van der Waals surface area contributed by atoms with E-state index in [0.717, 1.165) is 22.8 Å². The first-order chi connectivity index (χ1) is 9.52. The van der Waals surface area contributed by atoms with Crippen molar-refractivity contribution in [2.24, 2.45) is 0 Å². The molecule has 0 unspecified atom stereocenters. The molecule has 3 nitrogen and oxygen atoms in total. The summed E-state index contributed by atoms with van der Waals surface area (Å²) in [7, 11) is 0. The number of para-hydroxylation sites is 1. The van der Waals surface area contributed by atoms with Gasteiger partial charge in [0.25, 0.3) is 0 Å². The molecule has 0 aliphatic heterocycles. The van der Waals surface area contributed by atoms with E-state index in [1.54, 1.807) is 0 Å². The van der Waals surface area contributed by atoms with E-state index in [-0.39, 0.29) is 0 Å². The molecular weight excluding hydrogens is 246 g/mol. The van der Waals surface area contributed by atoms with Crippen LogP contribution in [-0.4, -0.2) is 4.98 Å². The van der Waals surface area contributed by atoms with Crippen LogP contribution in [0.3, 0.4) is 0 Å². The van der Waals surface area contributed by atoms with Crippen LogP contribution in [0, 0.1) is 25.2 Å². The molecular formula is C17H19N3. The molecule has 3 heteroatoms. The average molecular weight is 265 g/mol. The number of hydrogen-bond donors (Lipinski definition) is 1. The molecule has 1 N–H and O–H groups in total. The lowest BCUT2D eigenvalue weighted by Crippen LogP contribution is -2.02. The minimum Gasteiger partial charge on any atom is -0.354 e. The quantitative estimate of drug-likeness (QED) is 0.892. The lowest BCUT2D eigenvalue weighted by atomic mass is 10.0. The van der Waals surface area contributed by atoms with Crippen LogP contribution in [0.5, 0.6) is 0 Å². The highest BCUT2D eigenvalue weighted by Crippen LogP contribution is 2.29. The first kappa shape index (κ1) is 14.1. The molecule has 20 heavy (non-hydrogen) atoms. The molecule has 1 aromatic carbocycles. The Kier molecular flexibility index (Phi) is 4.05. The Bertz CT molecular complexity index is 666. The molecule has 0 aliphatic carbocycles. The summed E-state index contributed by atoms with van der Waals surface area (Å²) in [5, 5.41) is 12.7. The molecule has 102 valence electrons. The lowest BCUT2D eigenvalue weighted by molar-refractivity contribution is 0.869. The number of nitriles is 1. The maximum absolute atomic E-state index is 9.32. The fourth-order valence-corrected chi connectivity index (χ4v) is 2.33. The van der Waals surface area contributed by atoms with E-state index in [9.17, 15) is 5.26 Å². The van der Waals surface area contributed by atoms with Gasteiger partial charge in [0.1, 0.15) is 6.07 Å². The van der Waals surface area contributed by atoms with E-state index in [1.807, 2.05) is 38.1 Å². The van der Waals surface area contributed by atoms with Gasteiger partial charge in [-0.15, -0.1) is 0 Å². The van der Waals surface area contributed by atoms with Crippen LogP contribution in [-0.2, 0) is 0 Å². The number of rotatable bonds is 3. The molecule has 0 spiro atoms. The van der Waals surface area contributed by atoms with Crippen LogP contribution in [0.1, 0.15) is 42.3 Å². The van der Waals surface area contributed by atoms with E-state index in [4.69, 9.17) is 0 Å². The van der Waals surface area contributed by atoms with Gasteiger partial charge in [0.15, 0.2) is 0 Å². The van der Waals surface area contributed by atoms with Crippen molar-refractivity contribution in [2.45, 2.75) is 33.6 Å². The first-order valence-corrected chi connectivity index (χ1v) is 6.77. The van der Waals surface area contributed by atoms with Crippen LogP contribution in [0.25, 0.3) is 0 Å². The van der Waals surface area contributed by atoms with Crippen molar-refractivity contribution >= 4 is 11.4 Å². The van der Waals surface area contributed by atoms with Gasteiger partial charge in [0.05, 0.1) is 16.9 Å². The van der Waals surface area contributed by atoms with Crippen LogP contribution < -0.4 is 5.32 Å². The van der Waals surface area contributed by atoms with Gasteiger partial charge >= 0.3 is 0 Å². The summed E-state index contributed by atoms with van der Waals surface area (Å²) in [5.41, 5.74) is 5.38. The molecule has 0 amide bonds. The average Bonchev–Trinajstić information content (AvgIpc) is 2.38. The molecule has 0 saturated heterocycles. The summed E-state index contributed by atoms with van der Waals surface area (Å²) in [5.74, 6) is 0.424. The summed E-state index contributed by atoms with van der Waals surface area (Å²) in [6, 6.07) is 12.3. The number of aryl methyl sites for hydroxylation is 2. The number of hydrogen-bond acceptors (Lipinski definition) is 3. The van der Waals surface area contributed by atoms with Crippen LogP contribution in [0.4, 0.5) is 11.4 Å². The zero-order valence-corrected chi connectivity index (χ0v) is 12.4. The molecule has 1 heterocycles. The highest BCUT2D eigenvalue weighted by Gasteiger charge is 2.11. The second kappa shape index (κ2) is 5.75. The van der Waals surface area contributed by atoms with Crippen LogP contribution in [0.2, 0.25) is 0 Å². The Labute approximate surface area is 120 Å². The maximum atomic E-state index is 9.32. The maximum Gasteiger partial charge on any atom is 0.103 e. The first-order valence-electron chi connectivity index (χ1n) is 6.77. The number of aromatic nitrogens is 1. The van der Waals surface area contributed by atoms with Crippen LogP contribution in [0.15, 0.2) is 30.3 Å². The summed E-state index contributed by atoms with van der Waals surface area (Å²) < 4.78 is 0. The van der Waals surface area contributed by atoms with E-state index < -0.39 is 0 Å². The van der Waals surface area contributed by atoms with Crippen molar-refractivity contribution < 1.29 is 0 Å². The fraction of sp³-hybridized carbons (Fsp3) is 0.294. The SMILES string of the molecule is Cc1cc(Nc2ccccc2C(C)C)c(C#N)c(C)n1. The van der Waals surface area contributed by atoms with Crippen LogP contribution >= 0.6 is 0 Å². The van der Waals surface area contributed by atoms with Crippen molar-refractivity contribution in [3.8, 4) is 6.07 Å². The van der Waals surface area contributed by atoms with Gasteiger partial charge in [-0.2, -0.15) is 5.26 Å². The zero-order chi connectivity index (χ0) is 14.7. The van der Waals surface area contributed by atoms with Gasteiger partial charge in [-0.3, -0.25) is 4.98 Å². The van der Waals surface area contributed by atoms with E-state index in [0.29, 0.717) is 11.5 Å². The molecule has 1 aromatic heterocycles. The third-order valence-electron chi connectivity index (χ3n) is 3.29. The normalized spacial score (nSPS) is 10.4. The van der Waals surface area contributed by atoms with Gasteiger partial charge in [0, 0.05) is 11.4 Å². The molecule has 2 rings (SSSR count). The third-order valence-corrected chi connectivity index (χ3v) is 3.29. The minimum absolute atomic E-state index is 0.424. The molecule has 0 fully saturated rings. The fourth-order valence-electron chi connectivity index (χ4n) is 2.33. The molecule has 0 bridgehead atoms. The zero-order valence-electron chi connectivity index (χ0n) is 12.4. The van der Waals surface area contributed by atoms with E-state index in [2.05, 4.69) is 36.3 Å². The molecule has 2 aromatic rings. The number of nitrogens with one attached hydrogen (secondary N) is 1. The molecule has 0 saturated carbocycles. The Morgan fingerprint density at radius 1 is 1.15 bits per heavy atom. The van der Waals surface area contributed by atoms with Crippen molar-refractivity contribution in [3.63, 3.8) is 0 Å². The highest BCUT2D eigenvalue weighted by molar-refractivity contribution is 5.70. The van der Waals surface area contributed by atoms with Gasteiger partial charge < -0.3 is 5.32 Å². The van der Waals surface area contributed by atoms with Crippen molar-refractivity contribution in [1.82, 2.24) is 4.98 Å². The number of anilines is 2. The van der Waals surface area contributed by atoms with Gasteiger partial charge in [-0.1, -0.05) is 32.0 Å².